The molecule has 2 heteroatoms. The minimum Gasteiger partial charge on any atom is -0.344 e. The second-order valence-corrected chi connectivity index (χ2v) is 4.16. The topological polar surface area (TPSA) is 17.8 Å². The first-order chi connectivity index (χ1) is 7.81. The average Bonchev–Trinajstić information content (AvgIpc) is 2.64. The van der Waals surface area contributed by atoms with Crippen LogP contribution in [0.4, 0.5) is 0 Å². The standard InChI is InChI=1S/C14H14N2/c1-3-10-4-5-11-12-9-15-7-6-13(12)16(2)14(11)8-10/h4-9H,3H2,1-2H3. The second-order valence-electron chi connectivity index (χ2n) is 4.16. The predicted octanol–water partition coefficient (Wildman–Crippen LogP) is 3.29. The Morgan fingerprint density at radius 1 is 1.12 bits per heavy atom. The summed E-state index contributed by atoms with van der Waals surface area (Å²) in [6.07, 6.45) is 4.88. The molecule has 80 valence electrons. The van der Waals surface area contributed by atoms with Gasteiger partial charge in [0, 0.05) is 35.7 Å². The molecule has 2 nitrogen and oxygen atoms in total. The van der Waals surface area contributed by atoms with E-state index in [1.165, 1.54) is 27.4 Å². The van der Waals surface area contributed by atoms with E-state index in [-0.39, 0.29) is 0 Å². The largest absolute Gasteiger partial charge is 0.344 e. The number of hydrogen-bond acceptors (Lipinski definition) is 1. The third-order valence-corrected chi connectivity index (χ3v) is 3.28. The van der Waals surface area contributed by atoms with Gasteiger partial charge in [0.2, 0.25) is 0 Å². The molecule has 0 aliphatic rings. The van der Waals surface area contributed by atoms with Gasteiger partial charge in [-0.15, -0.1) is 0 Å². The summed E-state index contributed by atoms with van der Waals surface area (Å²) >= 11 is 0. The Kier molecular flexibility index (Phi) is 1.96. The van der Waals surface area contributed by atoms with Crippen molar-refractivity contribution < 1.29 is 0 Å². The van der Waals surface area contributed by atoms with Crippen molar-refractivity contribution in [1.82, 2.24) is 9.55 Å². The van der Waals surface area contributed by atoms with Crippen LogP contribution >= 0.6 is 0 Å². The summed E-state index contributed by atoms with van der Waals surface area (Å²) in [4.78, 5) is 4.21. The molecule has 2 aromatic heterocycles. The number of aromatic nitrogens is 2. The summed E-state index contributed by atoms with van der Waals surface area (Å²) < 4.78 is 2.24. The molecule has 0 amide bonds. The van der Waals surface area contributed by atoms with Crippen LogP contribution < -0.4 is 0 Å². The molecule has 16 heavy (non-hydrogen) atoms. The Bertz CT molecular complexity index is 665. The Morgan fingerprint density at radius 2 is 2.00 bits per heavy atom. The zero-order valence-electron chi connectivity index (χ0n) is 9.57. The number of aryl methyl sites for hydroxylation is 2. The van der Waals surface area contributed by atoms with Crippen LogP contribution in [0.15, 0.2) is 36.7 Å². The van der Waals surface area contributed by atoms with Crippen molar-refractivity contribution in [3.05, 3.63) is 42.2 Å². The molecular formula is C14H14N2. The molecule has 0 aliphatic carbocycles. The molecule has 0 bridgehead atoms. The first-order valence-corrected chi connectivity index (χ1v) is 5.62. The van der Waals surface area contributed by atoms with E-state index in [2.05, 4.69) is 47.8 Å². The van der Waals surface area contributed by atoms with E-state index in [0.29, 0.717) is 0 Å². The highest BCUT2D eigenvalue weighted by molar-refractivity contribution is 6.07. The summed E-state index contributed by atoms with van der Waals surface area (Å²) in [6.45, 7) is 2.19. The predicted molar refractivity (Wildman–Crippen MR) is 67.6 cm³/mol. The maximum atomic E-state index is 4.21. The lowest BCUT2D eigenvalue weighted by atomic mass is 10.1. The monoisotopic (exact) mass is 210 g/mol. The number of rotatable bonds is 1. The SMILES string of the molecule is CCc1ccc2c3cnccc3n(C)c2c1. The molecule has 0 unspecified atom stereocenters. The van der Waals surface area contributed by atoms with E-state index in [0.717, 1.165) is 6.42 Å². The van der Waals surface area contributed by atoms with Crippen molar-refractivity contribution >= 4 is 21.8 Å². The lowest BCUT2D eigenvalue weighted by molar-refractivity contribution is 1.01. The highest BCUT2D eigenvalue weighted by Crippen LogP contribution is 2.27. The molecule has 0 spiro atoms. The van der Waals surface area contributed by atoms with Crippen LogP contribution in [0.2, 0.25) is 0 Å². The molecule has 0 fully saturated rings. The van der Waals surface area contributed by atoms with Gasteiger partial charge in [0.15, 0.2) is 0 Å². The van der Waals surface area contributed by atoms with Crippen LogP contribution in [0.25, 0.3) is 21.8 Å². The van der Waals surface area contributed by atoms with Gasteiger partial charge >= 0.3 is 0 Å². The van der Waals surface area contributed by atoms with Crippen LogP contribution in [0.1, 0.15) is 12.5 Å². The normalized spacial score (nSPS) is 11.4. The Balaban J connectivity index is 2.51. The summed E-state index contributed by atoms with van der Waals surface area (Å²) in [5, 5.41) is 2.53. The van der Waals surface area contributed by atoms with E-state index in [9.17, 15) is 0 Å². The summed E-state index contributed by atoms with van der Waals surface area (Å²) in [7, 11) is 2.12. The molecule has 0 saturated carbocycles. The minimum atomic E-state index is 1.08. The van der Waals surface area contributed by atoms with Crippen LogP contribution in [0, 0.1) is 0 Å². The molecule has 3 rings (SSSR count). The van der Waals surface area contributed by atoms with Crippen molar-refractivity contribution in [3.63, 3.8) is 0 Å². The maximum absolute atomic E-state index is 4.21. The van der Waals surface area contributed by atoms with Crippen molar-refractivity contribution in [2.45, 2.75) is 13.3 Å². The highest BCUT2D eigenvalue weighted by atomic mass is 14.9. The quantitative estimate of drug-likeness (QED) is 0.602. The third-order valence-electron chi connectivity index (χ3n) is 3.28. The zero-order valence-corrected chi connectivity index (χ0v) is 9.57. The smallest absolute Gasteiger partial charge is 0.0519 e. The van der Waals surface area contributed by atoms with Gasteiger partial charge in [0.1, 0.15) is 0 Å². The molecule has 0 atom stereocenters. The van der Waals surface area contributed by atoms with Gasteiger partial charge < -0.3 is 4.57 Å². The fraction of sp³-hybridized carbons (Fsp3) is 0.214. The Labute approximate surface area is 94.5 Å². The van der Waals surface area contributed by atoms with Gasteiger partial charge in [-0.05, 0) is 24.1 Å². The van der Waals surface area contributed by atoms with Crippen molar-refractivity contribution in [2.24, 2.45) is 7.05 Å². The van der Waals surface area contributed by atoms with Crippen LogP contribution in [-0.2, 0) is 13.5 Å². The number of hydrogen-bond donors (Lipinski definition) is 0. The first-order valence-electron chi connectivity index (χ1n) is 5.62. The minimum absolute atomic E-state index is 1.08. The number of pyridine rings is 1. The van der Waals surface area contributed by atoms with Gasteiger partial charge in [0.05, 0.1) is 5.52 Å². The molecular weight excluding hydrogens is 196 g/mol. The van der Waals surface area contributed by atoms with Gasteiger partial charge in [0.25, 0.3) is 0 Å². The lowest BCUT2D eigenvalue weighted by Gasteiger charge is -1.99. The van der Waals surface area contributed by atoms with Gasteiger partial charge in [-0.25, -0.2) is 0 Å². The molecule has 1 aromatic carbocycles. The first kappa shape index (κ1) is 9.40. The zero-order chi connectivity index (χ0) is 11.1. The molecule has 0 aliphatic heterocycles. The Hall–Kier alpha value is -1.83. The molecule has 2 heterocycles. The summed E-state index contributed by atoms with van der Waals surface area (Å²) in [5.74, 6) is 0. The van der Waals surface area contributed by atoms with E-state index >= 15 is 0 Å². The summed E-state index contributed by atoms with van der Waals surface area (Å²) in [6, 6.07) is 8.75. The second kappa shape index (κ2) is 3.34. The fourth-order valence-electron chi connectivity index (χ4n) is 2.32. The molecule has 0 N–H and O–H groups in total. The number of benzene rings is 1. The van der Waals surface area contributed by atoms with Gasteiger partial charge in [-0.3, -0.25) is 4.98 Å². The maximum Gasteiger partial charge on any atom is 0.0519 e. The van der Waals surface area contributed by atoms with Crippen LogP contribution in [0.5, 0.6) is 0 Å². The fourth-order valence-corrected chi connectivity index (χ4v) is 2.32. The molecule has 0 saturated heterocycles. The van der Waals surface area contributed by atoms with Crippen molar-refractivity contribution in [3.8, 4) is 0 Å². The van der Waals surface area contributed by atoms with Gasteiger partial charge in [-0.1, -0.05) is 19.1 Å². The third kappa shape index (κ3) is 1.16. The Morgan fingerprint density at radius 3 is 2.81 bits per heavy atom. The van der Waals surface area contributed by atoms with Crippen molar-refractivity contribution in [1.29, 1.82) is 0 Å². The number of nitrogens with zero attached hydrogens (tertiary/aromatic N) is 2. The number of fused-ring (bicyclic) bond motifs is 3. The van der Waals surface area contributed by atoms with E-state index in [1.807, 2.05) is 12.4 Å². The van der Waals surface area contributed by atoms with Crippen LogP contribution in [0.3, 0.4) is 0 Å². The van der Waals surface area contributed by atoms with Gasteiger partial charge in [-0.2, -0.15) is 0 Å². The van der Waals surface area contributed by atoms with E-state index in [1.54, 1.807) is 0 Å². The van der Waals surface area contributed by atoms with Crippen molar-refractivity contribution in [2.75, 3.05) is 0 Å². The summed E-state index contributed by atoms with van der Waals surface area (Å²) in [5.41, 5.74) is 3.92. The lowest BCUT2D eigenvalue weighted by Crippen LogP contribution is -1.87. The van der Waals surface area contributed by atoms with E-state index in [4.69, 9.17) is 0 Å². The van der Waals surface area contributed by atoms with Crippen LogP contribution in [-0.4, -0.2) is 9.55 Å². The molecule has 3 aromatic rings. The van der Waals surface area contributed by atoms with E-state index < -0.39 is 0 Å². The average molecular weight is 210 g/mol. The molecule has 0 radical (unpaired) electrons. The highest BCUT2D eigenvalue weighted by Gasteiger charge is 2.07.